The second kappa shape index (κ2) is 3.23. The van der Waals surface area contributed by atoms with Gasteiger partial charge < -0.3 is 10.5 Å². The standard InChI is InChI=1S/C10H7ClN2O2/c11-7-4-2-1-3-6(7)8-10(5-12,15-8)9(13)14/h1-4,8H,(H2,13,14)/t8-,10+/m0/s1. The maximum Gasteiger partial charge on any atom is 0.267 e. The van der Waals surface area contributed by atoms with E-state index in [-0.39, 0.29) is 0 Å². The van der Waals surface area contributed by atoms with Gasteiger partial charge in [0.05, 0.1) is 0 Å². The van der Waals surface area contributed by atoms with E-state index in [1.54, 1.807) is 30.3 Å². The Hall–Kier alpha value is -1.57. The predicted molar refractivity (Wildman–Crippen MR) is 52.8 cm³/mol. The van der Waals surface area contributed by atoms with Crippen LogP contribution in [0, 0.1) is 11.3 Å². The lowest BCUT2D eigenvalue weighted by Gasteiger charge is -2.00. The highest BCUT2D eigenvalue weighted by molar-refractivity contribution is 6.31. The van der Waals surface area contributed by atoms with Gasteiger partial charge in [0, 0.05) is 10.6 Å². The predicted octanol–water partition coefficient (Wildman–Crippen LogP) is 1.16. The van der Waals surface area contributed by atoms with Gasteiger partial charge in [0.15, 0.2) is 0 Å². The molecule has 2 N–H and O–H groups in total. The van der Waals surface area contributed by atoms with Gasteiger partial charge in [-0.2, -0.15) is 5.26 Å². The molecular formula is C10H7ClN2O2. The zero-order valence-electron chi connectivity index (χ0n) is 7.61. The van der Waals surface area contributed by atoms with Crippen LogP contribution >= 0.6 is 11.6 Å². The summed E-state index contributed by atoms with van der Waals surface area (Å²) in [5.41, 5.74) is 4.17. The first kappa shape index (κ1) is 9.97. The van der Waals surface area contributed by atoms with Crippen molar-refractivity contribution >= 4 is 17.5 Å². The van der Waals surface area contributed by atoms with Crippen LogP contribution in [0.4, 0.5) is 0 Å². The van der Waals surface area contributed by atoms with Crippen molar-refractivity contribution in [3.63, 3.8) is 0 Å². The fourth-order valence-electron chi connectivity index (χ4n) is 1.45. The zero-order chi connectivity index (χ0) is 11.1. The number of hydrogen-bond donors (Lipinski definition) is 1. The highest BCUT2D eigenvalue weighted by Crippen LogP contribution is 2.50. The fourth-order valence-corrected chi connectivity index (χ4v) is 1.68. The molecule has 2 atom stereocenters. The number of epoxide rings is 1. The molecule has 0 aliphatic carbocycles. The summed E-state index contributed by atoms with van der Waals surface area (Å²) < 4.78 is 5.06. The lowest BCUT2D eigenvalue weighted by atomic mass is 10.0. The summed E-state index contributed by atoms with van der Waals surface area (Å²) in [7, 11) is 0. The second-order valence-electron chi connectivity index (χ2n) is 3.23. The number of nitrogens with two attached hydrogens (primary N) is 1. The minimum absolute atomic E-state index is 0.459. The van der Waals surface area contributed by atoms with Crippen molar-refractivity contribution in [2.75, 3.05) is 0 Å². The van der Waals surface area contributed by atoms with Crippen molar-refractivity contribution in [3.05, 3.63) is 34.9 Å². The molecule has 1 aliphatic heterocycles. The van der Waals surface area contributed by atoms with Crippen molar-refractivity contribution in [1.29, 1.82) is 5.26 Å². The van der Waals surface area contributed by atoms with E-state index in [0.29, 0.717) is 10.6 Å². The average molecular weight is 223 g/mol. The molecule has 1 aliphatic rings. The van der Waals surface area contributed by atoms with Crippen LogP contribution in [0.3, 0.4) is 0 Å². The molecule has 5 heteroatoms. The Labute approximate surface area is 91.2 Å². The molecule has 1 saturated heterocycles. The van der Waals surface area contributed by atoms with E-state index >= 15 is 0 Å². The first-order chi connectivity index (χ1) is 7.12. The molecule has 1 heterocycles. The van der Waals surface area contributed by atoms with E-state index in [9.17, 15) is 4.79 Å². The fraction of sp³-hybridized carbons (Fsp3) is 0.200. The Morgan fingerprint density at radius 3 is 2.73 bits per heavy atom. The molecule has 2 rings (SSSR count). The van der Waals surface area contributed by atoms with Gasteiger partial charge in [-0.05, 0) is 6.07 Å². The van der Waals surface area contributed by atoms with Crippen molar-refractivity contribution < 1.29 is 9.53 Å². The third kappa shape index (κ3) is 1.37. The molecular weight excluding hydrogens is 216 g/mol. The summed E-state index contributed by atoms with van der Waals surface area (Å²) >= 11 is 5.91. The maximum absolute atomic E-state index is 11.0. The number of nitrogens with zero attached hydrogens (tertiary/aromatic N) is 1. The number of amides is 1. The number of nitriles is 1. The van der Waals surface area contributed by atoms with Crippen molar-refractivity contribution in [2.24, 2.45) is 5.73 Å². The van der Waals surface area contributed by atoms with Crippen LogP contribution in [-0.2, 0) is 9.53 Å². The largest absolute Gasteiger partial charge is 0.366 e. The van der Waals surface area contributed by atoms with Crippen molar-refractivity contribution in [2.45, 2.75) is 11.7 Å². The van der Waals surface area contributed by atoms with Gasteiger partial charge >= 0.3 is 0 Å². The highest BCUT2D eigenvalue weighted by Gasteiger charge is 2.64. The Bertz CT molecular complexity index is 469. The van der Waals surface area contributed by atoms with Gasteiger partial charge in [-0.15, -0.1) is 0 Å². The molecule has 1 fully saturated rings. The quantitative estimate of drug-likeness (QED) is 0.763. The molecule has 0 radical (unpaired) electrons. The molecule has 76 valence electrons. The number of hydrogen-bond acceptors (Lipinski definition) is 3. The topological polar surface area (TPSA) is 79.4 Å². The van der Waals surface area contributed by atoms with E-state index in [1.165, 1.54) is 0 Å². The summed E-state index contributed by atoms with van der Waals surface area (Å²) in [6.07, 6.45) is -0.645. The smallest absolute Gasteiger partial charge is 0.267 e. The second-order valence-corrected chi connectivity index (χ2v) is 3.64. The van der Waals surface area contributed by atoms with Crippen LogP contribution in [0.1, 0.15) is 11.7 Å². The zero-order valence-corrected chi connectivity index (χ0v) is 8.36. The number of carbonyl (C=O) groups excluding carboxylic acids is 1. The molecule has 4 nitrogen and oxygen atoms in total. The molecule has 1 aromatic carbocycles. The van der Waals surface area contributed by atoms with Crippen molar-refractivity contribution in [1.82, 2.24) is 0 Å². The first-order valence-corrected chi connectivity index (χ1v) is 4.63. The number of halogens is 1. The average Bonchev–Trinajstić information content (AvgIpc) is 2.94. The van der Waals surface area contributed by atoms with Crippen LogP contribution in [0.15, 0.2) is 24.3 Å². The summed E-state index contributed by atoms with van der Waals surface area (Å²) in [4.78, 5) is 11.0. The monoisotopic (exact) mass is 222 g/mol. The van der Waals surface area contributed by atoms with Crippen LogP contribution in [0.25, 0.3) is 0 Å². The first-order valence-electron chi connectivity index (χ1n) is 4.25. The minimum Gasteiger partial charge on any atom is -0.366 e. The molecule has 0 spiro atoms. The number of carbonyl (C=O) groups is 1. The van der Waals surface area contributed by atoms with Crippen LogP contribution in [0.2, 0.25) is 5.02 Å². The normalized spacial score (nSPS) is 28.1. The highest BCUT2D eigenvalue weighted by atomic mass is 35.5. The Kier molecular flexibility index (Phi) is 2.14. The summed E-state index contributed by atoms with van der Waals surface area (Å²) in [5.74, 6) is -0.782. The maximum atomic E-state index is 11.0. The van der Waals surface area contributed by atoms with Gasteiger partial charge in [0.25, 0.3) is 11.5 Å². The summed E-state index contributed by atoms with van der Waals surface area (Å²) in [5, 5.41) is 9.29. The Morgan fingerprint density at radius 2 is 2.27 bits per heavy atom. The van der Waals surface area contributed by atoms with E-state index in [1.807, 2.05) is 0 Å². The summed E-state index contributed by atoms with van der Waals surface area (Å²) in [6.45, 7) is 0. The van der Waals surface area contributed by atoms with Crippen LogP contribution in [-0.4, -0.2) is 11.5 Å². The van der Waals surface area contributed by atoms with Gasteiger partial charge in [0.2, 0.25) is 0 Å². The van der Waals surface area contributed by atoms with Gasteiger partial charge in [-0.3, -0.25) is 4.79 Å². The van der Waals surface area contributed by atoms with Crippen molar-refractivity contribution in [3.8, 4) is 6.07 Å². The third-order valence-corrected chi connectivity index (χ3v) is 2.68. The van der Waals surface area contributed by atoms with Crippen LogP contribution in [0.5, 0.6) is 0 Å². The molecule has 1 amide bonds. The number of ether oxygens (including phenoxy) is 1. The molecule has 0 saturated carbocycles. The third-order valence-electron chi connectivity index (χ3n) is 2.34. The minimum atomic E-state index is -1.54. The van der Waals surface area contributed by atoms with Crippen LogP contribution < -0.4 is 5.73 Å². The van der Waals surface area contributed by atoms with Gasteiger partial charge in [0.1, 0.15) is 12.2 Å². The number of rotatable bonds is 2. The SMILES string of the molecule is N#C[C@@]1(C(N)=O)O[C@H]1c1ccccc1Cl. The lowest BCUT2D eigenvalue weighted by Crippen LogP contribution is -2.31. The molecule has 1 aromatic rings. The molecule has 0 unspecified atom stereocenters. The van der Waals surface area contributed by atoms with E-state index in [4.69, 9.17) is 27.3 Å². The molecule has 15 heavy (non-hydrogen) atoms. The molecule has 0 bridgehead atoms. The number of benzene rings is 1. The summed E-state index contributed by atoms with van der Waals surface area (Å²) in [6, 6.07) is 8.66. The van der Waals surface area contributed by atoms with E-state index in [0.717, 1.165) is 0 Å². The number of primary amides is 1. The molecule has 0 aromatic heterocycles. The lowest BCUT2D eigenvalue weighted by molar-refractivity contribution is -0.121. The van der Waals surface area contributed by atoms with Gasteiger partial charge in [-0.25, -0.2) is 0 Å². The Balaban J connectivity index is 2.36. The van der Waals surface area contributed by atoms with E-state index in [2.05, 4.69) is 0 Å². The van der Waals surface area contributed by atoms with Gasteiger partial charge in [-0.1, -0.05) is 29.8 Å². The van der Waals surface area contributed by atoms with E-state index < -0.39 is 17.6 Å². The Morgan fingerprint density at radius 1 is 1.60 bits per heavy atom.